The largest absolute Gasteiger partial charge is 0.504 e. The van der Waals surface area contributed by atoms with Gasteiger partial charge in [-0.1, -0.05) is 40.2 Å². The van der Waals surface area contributed by atoms with Gasteiger partial charge in [-0.25, -0.2) is 4.98 Å². The van der Waals surface area contributed by atoms with Gasteiger partial charge in [-0.3, -0.25) is 15.1 Å². The number of nitro groups is 1. The predicted molar refractivity (Wildman–Crippen MR) is 138 cm³/mol. The van der Waals surface area contributed by atoms with Crippen LogP contribution in [0, 0.1) is 10.1 Å². The van der Waals surface area contributed by atoms with Crippen LogP contribution >= 0.6 is 15.9 Å². The molecular formula is C26H18BrN3O5. The van der Waals surface area contributed by atoms with Crippen molar-refractivity contribution in [2.24, 2.45) is 4.99 Å². The van der Waals surface area contributed by atoms with Gasteiger partial charge < -0.3 is 14.3 Å². The lowest BCUT2D eigenvalue weighted by Crippen LogP contribution is -1.97. The van der Waals surface area contributed by atoms with E-state index in [-0.39, 0.29) is 29.4 Å². The number of non-ortho nitro benzene ring substituents is 1. The van der Waals surface area contributed by atoms with E-state index in [0.29, 0.717) is 22.7 Å². The first-order chi connectivity index (χ1) is 16.9. The molecule has 35 heavy (non-hydrogen) atoms. The average molecular weight is 532 g/mol. The van der Waals surface area contributed by atoms with Crippen LogP contribution in [-0.2, 0) is 0 Å². The summed E-state index contributed by atoms with van der Waals surface area (Å²) in [4.78, 5) is 19.8. The molecule has 0 unspecified atom stereocenters. The number of aromatic hydroxyl groups is 1. The molecule has 1 aromatic heterocycles. The molecule has 0 aliphatic heterocycles. The van der Waals surface area contributed by atoms with Gasteiger partial charge in [-0.05, 0) is 48.0 Å². The molecule has 0 atom stereocenters. The summed E-state index contributed by atoms with van der Waals surface area (Å²) in [5, 5.41) is 23.8. The number of halogens is 1. The molecule has 4 aromatic carbocycles. The van der Waals surface area contributed by atoms with Crippen molar-refractivity contribution in [1.29, 1.82) is 0 Å². The molecule has 0 spiro atoms. The van der Waals surface area contributed by atoms with E-state index >= 15 is 0 Å². The fourth-order valence-corrected chi connectivity index (χ4v) is 4.30. The number of fused-ring (bicyclic) bond motifs is 2. The summed E-state index contributed by atoms with van der Waals surface area (Å²) in [7, 11) is 0. The monoisotopic (exact) mass is 531 g/mol. The highest BCUT2D eigenvalue weighted by Gasteiger charge is 2.17. The van der Waals surface area contributed by atoms with Crippen LogP contribution in [0.15, 0.2) is 80.6 Å². The molecule has 0 aliphatic carbocycles. The van der Waals surface area contributed by atoms with Gasteiger partial charge in [-0.15, -0.1) is 0 Å². The van der Waals surface area contributed by atoms with Gasteiger partial charge in [0.05, 0.1) is 23.3 Å². The Bertz CT molecular complexity index is 1630. The molecule has 9 heteroatoms. The summed E-state index contributed by atoms with van der Waals surface area (Å²) in [5.41, 5.74) is 2.59. The standard InChI is InChI=1S/C26H18BrN3O5/c1-2-34-24-13-17(30(32)33)11-15(25(24)31)14-28-16-9-10-23-22(12-16)29-26(35-23)20-7-3-6-19-18(20)5-4-8-21(19)27/h3-14,31H,2H2,1H3. The third-order valence-electron chi connectivity index (χ3n) is 5.42. The van der Waals surface area contributed by atoms with Gasteiger partial charge in [0.15, 0.2) is 17.1 Å². The normalized spacial score (nSPS) is 11.5. The molecule has 0 aliphatic rings. The third kappa shape index (κ3) is 4.33. The zero-order chi connectivity index (χ0) is 24.5. The summed E-state index contributed by atoms with van der Waals surface area (Å²) >= 11 is 3.58. The Kier molecular flexibility index (Phi) is 5.92. The smallest absolute Gasteiger partial charge is 0.274 e. The number of aromatic nitrogens is 1. The second-order valence-corrected chi connectivity index (χ2v) is 8.50. The van der Waals surface area contributed by atoms with Crippen molar-refractivity contribution >= 4 is 55.4 Å². The number of nitro benzene ring substituents is 1. The molecule has 5 aromatic rings. The highest BCUT2D eigenvalue weighted by Crippen LogP contribution is 2.36. The maximum Gasteiger partial charge on any atom is 0.274 e. The van der Waals surface area contributed by atoms with Crippen molar-refractivity contribution in [2.75, 3.05) is 6.61 Å². The summed E-state index contributed by atoms with van der Waals surface area (Å²) in [6, 6.07) is 19.6. The fourth-order valence-electron chi connectivity index (χ4n) is 3.80. The van der Waals surface area contributed by atoms with Crippen molar-refractivity contribution in [2.45, 2.75) is 6.92 Å². The van der Waals surface area contributed by atoms with Crippen LogP contribution in [0.3, 0.4) is 0 Å². The molecule has 0 radical (unpaired) electrons. The van der Waals surface area contributed by atoms with Crippen LogP contribution in [0.1, 0.15) is 12.5 Å². The van der Waals surface area contributed by atoms with E-state index in [4.69, 9.17) is 9.15 Å². The Labute approximate surface area is 207 Å². The van der Waals surface area contributed by atoms with E-state index in [2.05, 4.69) is 25.9 Å². The van der Waals surface area contributed by atoms with Crippen molar-refractivity contribution in [3.8, 4) is 23.0 Å². The molecule has 0 saturated carbocycles. The van der Waals surface area contributed by atoms with Crippen molar-refractivity contribution in [1.82, 2.24) is 4.98 Å². The molecule has 5 rings (SSSR count). The molecule has 1 N–H and O–H groups in total. The fraction of sp³-hybridized carbons (Fsp3) is 0.0769. The van der Waals surface area contributed by atoms with Crippen molar-refractivity contribution in [3.05, 3.63) is 86.9 Å². The third-order valence-corrected chi connectivity index (χ3v) is 6.11. The van der Waals surface area contributed by atoms with E-state index in [9.17, 15) is 15.2 Å². The van der Waals surface area contributed by atoms with Gasteiger partial charge in [0.25, 0.3) is 5.69 Å². The van der Waals surface area contributed by atoms with E-state index in [1.165, 1.54) is 18.3 Å². The highest BCUT2D eigenvalue weighted by atomic mass is 79.9. The average Bonchev–Trinajstić information content (AvgIpc) is 3.27. The van der Waals surface area contributed by atoms with Gasteiger partial charge in [-0.2, -0.15) is 0 Å². The van der Waals surface area contributed by atoms with Crippen LogP contribution in [0.2, 0.25) is 0 Å². The van der Waals surface area contributed by atoms with E-state index in [1.54, 1.807) is 25.1 Å². The molecule has 0 fully saturated rings. The van der Waals surface area contributed by atoms with E-state index in [1.807, 2.05) is 36.4 Å². The zero-order valence-electron chi connectivity index (χ0n) is 18.4. The lowest BCUT2D eigenvalue weighted by molar-refractivity contribution is -0.385. The number of aliphatic imine (C=N–C) groups is 1. The molecule has 1 heterocycles. The van der Waals surface area contributed by atoms with Crippen LogP contribution < -0.4 is 4.74 Å². The van der Waals surface area contributed by atoms with Crippen LogP contribution in [0.25, 0.3) is 33.3 Å². The first kappa shape index (κ1) is 22.5. The first-order valence-electron chi connectivity index (χ1n) is 10.7. The van der Waals surface area contributed by atoms with Crippen LogP contribution in [0.5, 0.6) is 11.5 Å². The Morgan fingerprint density at radius 2 is 1.94 bits per heavy atom. The minimum absolute atomic E-state index is 0.0291. The second-order valence-electron chi connectivity index (χ2n) is 7.64. The van der Waals surface area contributed by atoms with Crippen molar-refractivity contribution < 1.29 is 19.2 Å². The molecule has 0 saturated heterocycles. The number of nitrogens with zero attached hydrogens (tertiary/aromatic N) is 3. The Hall–Kier alpha value is -4.24. The van der Waals surface area contributed by atoms with Crippen LogP contribution in [0.4, 0.5) is 11.4 Å². The first-order valence-corrected chi connectivity index (χ1v) is 11.5. The lowest BCUT2D eigenvalue weighted by Gasteiger charge is -2.07. The zero-order valence-corrected chi connectivity index (χ0v) is 20.0. The maximum atomic E-state index is 11.3. The minimum Gasteiger partial charge on any atom is -0.504 e. The number of ether oxygens (including phenoxy) is 1. The van der Waals surface area contributed by atoms with Crippen LogP contribution in [-0.4, -0.2) is 27.8 Å². The minimum atomic E-state index is -0.548. The van der Waals surface area contributed by atoms with Gasteiger partial charge in [0.2, 0.25) is 5.89 Å². The molecule has 174 valence electrons. The Morgan fingerprint density at radius 3 is 2.74 bits per heavy atom. The molecular weight excluding hydrogens is 514 g/mol. The van der Waals surface area contributed by atoms with Crippen molar-refractivity contribution in [3.63, 3.8) is 0 Å². The summed E-state index contributed by atoms with van der Waals surface area (Å²) in [5.74, 6) is 0.303. The van der Waals surface area contributed by atoms with Gasteiger partial charge in [0, 0.05) is 27.9 Å². The molecule has 8 nitrogen and oxygen atoms in total. The quantitative estimate of drug-likeness (QED) is 0.141. The van der Waals surface area contributed by atoms with E-state index in [0.717, 1.165) is 20.8 Å². The predicted octanol–water partition coefficient (Wildman–Crippen LogP) is 7.17. The highest BCUT2D eigenvalue weighted by molar-refractivity contribution is 9.10. The molecule has 0 bridgehead atoms. The Balaban J connectivity index is 1.52. The van der Waals surface area contributed by atoms with E-state index < -0.39 is 4.92 Å². The summed E-state index contributed by atoms with van der Waals surface area (Å²) in [6.07, 6.45) is 1.36. The number of phenolic OH excluding ortho intramolecular Hbond substituents is 1. The topological polar surface area (TPSA) is 111 Å². The number of benzene rings is 4. The van der Waals surface area contributed by atoms with Gasteiger partial charge in [0.1, 0.15) is 5.52 Å². The summed E-state index contributed by atoms with van der Waals surface area (Å²) in [6.45, 7) is 1.98. The SMILES string of the molecule is CCOc1cc([N+](=O)[O-])cc(C=Nc2ccc3oc(-c4cccc5c(Br)cccc45)nc3c2)c1O. The maximum absolute atomic E-state index is 11.3. The number of hydrogen-bond acceptors (Lipinski definition) is 7. The number of rotatable bonds is 6. The second kappa shape index (κ2) is 9.19. The molecule has 0 amide bonds. The number of oxazole rings is 1. The Morgan fingerprint density at radius 1 is 1.14 bits per heavy atom. The van der Waals surface area contributed by atoms with Gasteiger partial charge >= 0.3 is 0 Å². The number of hydrogen-bond donors (Lipinski definition) is 1. The summed E-state index contributed by atoms with van der Waals surface area (Å²) < 4.78 is 12.3. The number of phenols is 1. The lowest BCUT2D eigenvalue weighted by atomic mass is 10.0.